The summed E-state index contributed by atoms with van der Waals surface area (Å²) >= 11 is 5.92. The van der Waals surface area contributed by atoms with Crippen molar-refractivity contribution >= 4 is 11.6 Å². The molecule has 0 bridgehead atoms. The molecule has 2 nitrogen and oxygen atoms in total. The van der Waals surface area contributed by atoms with Gasteiger partial charge in [-0.2, -0.15) is 0 Å². The van der Waals surface area contributed by atoms with Crippen LogP contribution in [0.5, 0.6) is 5.75 Å². The molecule has 0 amide bonds. The predicted octanol–water partition coefficient (Wildman–Crippen LogP) is 3.15. The quantitative estimate of drug-likeness (QED) is 0.855. The van der Waals surface area contributed by atoms with Gasteiger partial charge in [-0.05, 0) is 43.9 Å². The molecule has 0 radical (unpaired) electrons. The minimum absolute atomic E-state index is 0.0436. The standard InChI is InChI=1S/C12H16ClNO/c1-8(14)11-6-10(13)4-5-12(11)15-7-9-2-3-9/h4-6,8-9H,2-3,7,14H2,1H3. The molecule has 1 fully saturated rings. The zero-order valence-corrected chi connectivity index (χ0v) is 9.63. The molecule has 2 rings (SSSR count). The van der Waals surface area contributed by atoms with E-state index in [1.54, 1.807) is 0 Å². The number of nitrogens with two attached hydrogens (primary N) is 1. The van der Waals surface area contributed by atoms with E-state index in [1.165, 1.54) is 12.8 Å². The summed E-state index contributed by atoms with van der Waals surface area (Å²) in [5.74, 6) is 1.63. The Bertz CT molecular complexity index is 347. The summed E-state index contributed by atoms with van der Waals surface area (Å²) in [5.41, 5.74) is 6.86. The van der Waals surface area contributed by atoms with Crippen molar-refractivity contribution in [2.75, 3.05) is 6.61 Å². The molecular formula is C12H16ClNO. The summed E-state index contributed by atoms with van der Waals surface area (Å²) in [6, 6.07) is 5.59. The van der Waals surface area contributed by atoms with Crippen LogP contribution in [0.4, 0.5) is 0 Å². The van der Waals surface area contributed by atoms with Crippen LogP contribution >= 0.6 is 11.6 Å². The highest BCUT2D eigenvalue weighted by Gasteiger charge is 2.22. The molecule has 1 saturated carbocycles. The van der Waals surface area contributed by atoms with Gasteiger partial charge >= 0.3 is 0 Å². The molecular weight excluding hydrogens is 210 g/mol. The van der Waals surface area contributed by atoms with Crippen molar-refractivity contribution < 1.29 is 4.74 Å². The zero-order chi connectivity index (χ0) is 10.8. The third-order valence-electron chi connectivity index (χ3n) is 2.63. The number of hydrogen-bond acceptors (Lipinski definition) is 2. The fourth-order valence-electron chi connectivity index (χ4n) is 1.50. The van der Waals surface area contributed by atoms with Crippen LogP contribution in [0.3, 0.4) is 0 Å². The van der Waals surface area contributed by atoms with Crippen molar-refractivity contribution in [2.24, 2.45) is 11.7 Å². The van der Waals surface area contributed by atoms with Crippen LogP contribution < -0.4 is 10.5 Å². The van der Waals surface area contributed by atoms with E-state index in [4.69, 9.17) is 22.1 Å². The van der Waals surface area contributed by atoms with E-state index < -0.39 is 0 Å². The Morgan fingerprint density at radius 3 is 2.87 bits per heavy atom. The van der Waals surface area contributed by atoms with Gasteiger partial charge in [0.15, 0.2) is 0 Å². The van der Waals surface area contributed by atoms with Gasteiger partial charge in [-0.3, -0.25) is 0 Å². The molecule has 0 spiro atoms. The van der Waals surface area contributed by atoms with E-state index >= 15 is 0 Å². The van der Waals surface area contributed by atoms with Crippen molar-refractivity contribution in [3.05, 3.63) is 28.8 Å². The maximum Gasteiger partial charge on any atom is 0.124 e. The second-order valence-electron chi connectivity index (χ2n) is 4.23. The van der Waals surface area contributed by atoms with Crippen molar-refractivity contribution in [2.45, 2.75) is 25.8 Å². The fraction of sp³-hybridized carbons (Fsp3) is 0.500. The third kappa shape index (κ3) is 2.86. The number of rotatable bonds is 4. The van der Waals surface area contributed by atoms with Crippen molar-refractivity contribution in [3.8, 4) is 5.75 Å². The first-order chi connectivity index (χ1) is 7.16. The predicted molar refractivity (Wildman–Crippen MR) is 62.3 cm³/mol. The molecule has 3 heteroatoms. The molecule has 1 aliphatic carbocycles. The first kappa shape index (κ1) is 10.8. The Morgan fingerprint density at radius 1 is 1.53 bits per heavy atom. The van der Waals surface area contributed by atoms with E-state index in [2.05, 4.69) is 0 Å². The first-order valence-electron chi connectivity index (χ1n) is 5.34. The van der Waals surface area contributed by atoms with Crippen LogP contribution in [0.15, 0.2) is 18.2 Å². The average molecular weight is 226 g/mol. The third-order valence-corrected chi connectivity index (χ3v) is 2.87. The summed E-state index contributed by atoms with van der Waals surface area (Å²) in [7, 11) is 0. The lowest BCUT2D eigenvalue weighted by Gasteiger charge is -2.14. The Labute approximate surface area is 95.4 Å². The van der Waals surface area contributed by atoms with Gasteiger partial charge in [0.1, 0.15) is 5.75 Å². The van der Waals surface area contributed by atoms with Crippen LogP contribution in [0.1, 0.15) is 31.4 Å². The summed E-state index contributed by atoms with van der Waals surface area (Å²) in [5, 5.41) is 0.709. The lowest BCUT2D eigenvalue weighted by Crippen LogP contribution is -2.09. The fourth-order valence-corrected chi connectivity index (χ4v) is 1.68. The minimum Gasteiger partial charge on any atom is -0.493 e. The van der Waals surface area contributed by atoms with Crippen LogP contribution in [0.2, 0.25) is 5.02 Å². The largest absolute Gasteiger partial charge is 0.493 e. The molecule has 1 aromatic carbocycles. The lowest BCUT2D eigenvalue weighted by molar-refractivity contribution is 0.295. The second-order valence-corrected chi connectivity index (χ2v) is 4.66. The van der Waals surface area contributed by atoms with Crippen molar-refractivity contribution in [1.82, 2.24) is 0 Å². The highest BCUT2D eigenvalue weighted by atomic mass is 35.5. The molecule has 0 heterocycles. The minimum atomic E-state index is -0.0436. The Hall–Kier alpha value is -0.730. The molecule has 1 aliphatic rings. The maximum atomic E-state index is 5.92. The highest BCUT2D eigenvalue weighted by molar-refractivity contribution is 6.30. The number of hydrogen-bond donors (Lipinski definition) is 1. The Kier molecular flexibility index (Phi) is 3.17. The van der Waals surface area contributed by atoms with Gasteiger partial charge in [-0.15, -0.1) is 0 Å². The number of halogens is 1. The normalized spacial score (nSPS) is 17.5. The van der Waals surface area contributed by atoms with Gasteiger partial charge in [0.05, 0.1) is 6.61 Å². The Morgan fingerprint density at radius 2 is 2.27 bits per heavy atom. The van der Waals surface area contributed by atoms with Crippen LogP contribution in [0, 0.1) is 5.92 Å². The average Bonchev–Trinajstić information content (AvgIpc) is 2.99. The molecule has 1 aromatic rings. The van der Waals surface area contributed by atoms with Gasteiger partial charge in [-0.1, -0.05) is 11.6 Å². The molecule has 1 unspecified atom stereocenters. The van der Waals surface area contributed by atoms with Gasteiger partial charge in [0.2, 0.25) is 0 Å². The van der Waals surface area contributed by atoms with Gasteiger partial charge < -0.3 is 10.5 Å². The molecule has 15 heavy (non-hydrogen) atoms. The topological polar surface area (TPSA) is 35.2 Å². The van der Waals surface area contributed by atoms with Crippen LogP contribution in [0.25, 0.3) is 0 Å². The summed E-state index contributed by atoms with van der Waals surface area (Å²) in [4.78, 5) is 0. The first-order valence-corrected chi connectivity index (χ1v) is 5.72. The molecule has 0 aromatic heterocycles. The number of ether oxygens (including phenoxy) is 1. The summed E-state index contributed by atoms with van der Waals surface area (Å²) < 4.78 is 5.74. The van der Waals surface area contributed by atoms with Gasteiger partial charge in [-0.25, -0.2) is 0 Å². The smallest absolute Gasteiger partial charge is 0.124 e. The van der Waals surface area contributed by atoms with Crippen LogP contribution in [-0.4, -0.2) is 6.61 Å². The van der Waals surface area contributed by atoms with E-state index in [-0.39, 0.29) is 6.04 Å². The summed E-state index contributed by atoms with van der Waals surface area (Å²) in [6.07, 6.45) is 2.59. The molecule has 2 N–H and O–H groups in total. The van der Waals surface area contributed by atoms with E-state index in [0.717, 1.165) is 23.8 Å². The molecule has 82 valence electrons. The van der Waals surface area contributed by atoms with E-state index in [0.29, 0.717) is 5.02 Å². The maximum absolute atomic E-state index is 5.92. The van der Waals surface area contributed by atoms with E-state index in [1.807, 2.05) is 25.1 Å². The monoisotopic (exact) mass is 225 g/mol. The highest BCUT2D eigenvalue weighted by Crippen LogP contribution is 2.32. The number of benzene rings is 1. The zero-order valence-electron chi connectivity index (χ0n) is 8.87. The van der Waals surface area contributed by atoms with Gasteiger partial charge in [0, 0.05) is 16.6 Å². The Balaban J connectivity index is 2.12. The van der Waals surface area contributed by atoms with Crippen molar-refractivity contribution in [3.63, 3.8) is 0 Å². The molecule has 1 atom stereocenters. The van der Waals surface area contributed by atoms with Gasteiger partial charge in [0.25, 0.3) is 0 Å². The second kappa shape index (κ2) is 4.42. The van der Waals surface area contributed by atoms with Crippen LogP contribution in [-0.2, 0) is 0 Å². The van der Waals surface area contributed by atoms with E-state index in [9.17, 15) is 0 Å². The summed E-state index contributed by atoms with van der Waals surface area (Å²) in [6.45, 7) is 2.75. The lowest BCUT2D eigenvalue weighted by atomic mass is 10.1. The molecule has 0 aliphatic heterocycles. The van der Waals surface area contributed by atoms with Crippen molar-refractivity contribution in [1.29, 1.82) is 0 Å². The SMILES string of the molecule is CC(N)c1cc(Cl)ccc1OCC1CC1. The molecule has 0 saturated heterocycles.